The van der Waals surface area contributed by atoms with Gasteiger partial charge in [-0.3, -0.25) is 0 Å². The molecule has 0 aliphatic carbocycles. The standard InChI is InChI=1S/C12H23N3O/c1-3-5-11-14-12(16-15-11)7-6-10(4-2)8-9-13/h10H,3-9,13H2,1-2H3. The van der Waals surface area contributed by atoms with E-state index < -0.39 is 0 Å². The maximum Gasteiger partial charge on any atom is 0.226 e. The first kappa shape index (κ1) is 13.2. The topological polar surface area (TPSA) is 64.9 Å². The SMILES string of the molecule is CCCc1noc(CCC(CC)CCN)n1. The highest BCUT2D eigenvalue weighted by Gasteiger charge is 2.09. The van der Waals surface area contributed by atoms with Crippen LogP contribution in [0.25, 0.3) is 0 Å². The van der Waals surface area contributed by atoms with E-state index in [9.17, 15) is 0 Å². The Morgan fingerprint density at radius 1 is 1.25 bits per heavy atom. The van der Waals surface area contributed by atoms with Crippen LogP contribution in [0.15, 0.2) is 4.52 Å². The molecule has 0 saturated carbocycles. The van der Waals surface area contributed by atoms with Gasteiger partial charge < -0.3 is 10.3 Å². The first-order chi connectivity index (χ1) is 7.80. The minimum absolute atomic E-state index is 0.687. The van der Waals surface area contributed by atoms with Crippen molar-refractivity contribution in [3.8, 4) is 0 Å². The average molecular weight is 225 g/mol. The lowest BCUT2D eigenvalue weighted by Gasteiger charge is -2.11. The first-order valence-corrected chi connectivity index (χ1v) is 6.31. The molecule has 1 rings (SSSR count). The minimum atomic E-state index is 0.687. The van der Waals surface area contributed by atoms with Gasteiger partial charge in [-0.2, -0.15) is 4.98 Å². The summed E-state index contributed by atoms with van der Waals surface area (Å²) in [5.74, 6) is 2.30. The molecule has 0 spiro atoms. The highest BCUT2D eigenvalue weighted by Crippen LogP contribution is 2.15. The van der Waals surface area contributed by atoms with Crippen molar-refractivity contribution in [2.45, 2.75) is 52.4 Å². The number of rotatable bonds is 8. The maximum absolute atomic E-state index is 5.57. The Bertz CT molecular complexity index is 286. The third-order valence-corrected chi connectivity index (χ3v) is 2.90. The van der Waals surface area contributed by atoms with E-state index >= 15 is 0 Å². The average Bonchev–Trinajstić information content (AvgIpc) is 2.72. The highest BCUT2D eigenvalue weighted by atomic mass is 16.5. The smallest absolute Gasteiger partial charge is 0.226 e. The van der Waals surface area contributed by atoms with Crippen LogP contribution in [0.5, 0.6) is 0 Å². The zero-order valence-electron chi connectivity index (χ0n) is 10.4. The van der Waals surface area contributed by atoms with Crippen molar-refractivity contribution in [1.82, 2.24) is 10.1 Å². The molecule has 0 saturated heterocycles. The lowest BCUT2D eigenvalue weighted by Crippen LogP contribution is -2.09. The Hall–Kier alpha value is -0.900. The van der Waals surface area contributed by atoms with Crippen molar-refractivity contribution in [1.29, 1.82) is 0 Å². The van der Waals surface area contributed by atoms with Crippen molar-refractivity contribution >= 4 is 0 Å². The third kappa shape index (κ3) is 4.31. The zero-order chi connectivity index (χ0) is 11.8. The lowest BCUT2D eigenvalue weighted by atomic mass is 9.97. The van der Waals surface area contributed by atoms with E-state index in [1.807, 2.05) is 0 Å². The van der Waals surface area contributed by atoms with Crippen LogP contribution in [0.2, 0.25) is 0 Å². The summed E-state index contributed by atoms with van der Waals surface area (Å²) in [6, 6.07) is 0. The number of nitrogens with two attached hydrogens (primary N) is 1. The molecule has 16 heavy (non-hydrogen) atoms. The van der Waals surface area contributed by atoms with Gasteiger partial charge in [0, 0.05) is 12.8 Å². The monoisotopic (exact) mass is 225 g/mol. The summed E-state index contributed by atoms with van der Waals surface area (Å²) in [6.45, 7) is 5.09. The predicted octanol–water partition coefficient (Wildman–Crippen LogP) is 2.33. The van der Waals surface area contributed by atoms with Crippen molar-refractivity contribution in [3.05, 3.63) is 11.7 Å². The fourth-order valence-electron chi connectivity index (χ4n) is 1.83. The van der Waals surface area contributed by atoms with Crippen LogP contribution in [-0.2, 0) is 12.8 Å². The van der Waals surface area contributed by atoms with Crippen LogP contribution in [0, 0.1) is 5.92 Å². The Balaban J connectivity index is 2.34. The van der Waals surface area contributed by atoms with E-state index in [0.29, 0.717) is 5.92 Å². The van der Waals surface area contributed by atoms with Crippen LogP contribution in [0.4, 0.5) is 0 Å². The van der Waals surface area contributed by atoms with E-state index in [4.69, 9.17) is 10.3 Å². The molecular formula is C12H23N3O. The largest absolute Gasteiger partial charge is 0.339 e. The van der Waals surface area contributed by atoms with Gasteiger partial charge in [-0.25, -0.2) is 0 Å². The van der Waals surface area contributed by atoms with Gasteiger partial charge in [0.2, 0.25) is 5.89 Å². The molecule has 1 aromatic rings. The molecule has 0 aliphatic heterocycles. The summed E-state index contributed by atoms with van der Waals surface area (Å²) in [6.07, 6.45) is 6.21. The summed E-state index contributed by atoms with van der Waals surface area (Å²) in [5.41, 5.74) is 5.57. The highest BCUT2D eigenvalue weighted by molar-refractivity contribution is 4.86. The fourth-order valence-corrected chi connectivity index (χ4v) is 1.83. The predicted molar refractivity (Wildman–Crippen MR) is 64.1 cm³/mol. The van der Waals surface area contributed by atoms with Crippen LogP contribution in [0.1, 0.15) is 51.2 Å². The molecule has 0 aliphatic rings. The van der Waals surface area contributed by atoms with Gasteiger partial charge >= 0.3 is 0 Å². The molecule has 1 aromatic heterocycles. The van der Waals surface area contributed by atoms with E-state index in [1.165, 1.54) is 6.42 Å². The molecule has 2 N–H and O–H groups in total. The van der Waals surface area contributed by atoms with Crippen LogP contribution < -0.4 is 5.73 Å². The Morgan fingerprint density at radius 2 is 2.06 bits per heavy atom. The summed E-state index contributed by atoms with van der Waals surface area (Å²) < 4.78 is 5.20. The van der Waals surface area contributed by atoms with Gasteiger partial charge in [-0.05, 0) is 31.7 Å². The van der Waals surface area contributed by atoms with Crippen molar-refractivity contribution < 1.29 is 4.52 Å². The summed E-state index contributed by atoms with van der Waals surface area (Å²) in [5, 5.41) is 3.94. The molecule has 1 atom stereocenters. The molecule has 1 heterocycles. The second-order valence-corrected chi connectivity index (χ2v) is 4.24. The second kappa shape index (κ2) is 7.39. The molecule has 4 nitrogen and oxygen atoms in total. The van der Waals surface area contributed by atoms with E-state index in [1.54, 1.807) is 0 Å². The minimum Gasteiger partial charge on any atom is -0.339 e. The molecular weight excluding hydrogens is 202 g/mol. The molecule has 4 heteroatoms. The third-order valence-electron chi connectivity index (χ3n) is 2.90. The van der Waals surface area contributed by atoms with Gasteiger partial charge in [0.1, 0.15) is 0 Å². The molecule has 1 unspecified atom stereocenters. The van der Waals surface area contributed by atoms with Gasteiger partial charge in [0.25, 0.3) is 0 Å². The summed E-state index contributed by atoms with van der Waals surface area (Å²) in [7, 11) is 0. The van der Waals surface area contributed by atoms with Gasteiger partial charge in [0.05, 0.1) is 0 Å². The Kier molecular flexibility index (Phi) is 6.08. The summed E-state index contributed by atoms with van der Waals surface area (Å²) in [4.78, 5) is 4.36. The van der Waals surface area contributed by atoms with Crippen LogP contribution in [0.3, 0.4) is 0 Å². The van der Waals surface area contributed by atoms with Crippen molar-refractivity contribution in [2.75, 3.05) is 6.54 Å². The molecule has 0 bridgehead atoms. The van der Waals surface area contributed by atoms with Gasteiger partial charge in [-0.1, -0.05) is 25.4 Å². The number of hydrogen-bond acceptors (Lipinski definition) is 4. The van der Waals surface area contributed by atoms with Gasteiger partial charge in [-0.15, -0.1) is 0 Å². The quantitative estimate of drug-likeness (QED) is 0.737. The molecule has 0 amide bonds. The van der Waals surface area contributed by atoms with E-state index in [0.717, 1.165) is 50.4 Å². The number of nitrogens with zero attached hydrogens (tertiary/aromatic N) is 2. The number of aromatic nitrogens is 2. The number of hydrogen-bond donors (Lipinski definition) is 1. The molecule has 0 radical (unpaired) electrons. The zero-order valence-corrected chi connectivity index (χ0v) is 10.4. The fraction of sp³-hybridized carbons (Fsp3) is 0.833. The first-order valence-electron chi connectivity index (χ1n) is 6.31. The molecule has 92 valence electrons. The molecule has 0 fully saturated rings. The normalized spacial score (nSPS) is 12.9. The van der Waals surface area contributed by atoms with Crippen LogP contribution >= 0.6 is 0 Å². The lowest BCUT2D eigenvalue weighted by molar-refractivity contribution is 0.350. The van der Waals surface area contributed by atoms with E-state index in [-0.39, 0.29) is 0 Å². The Morgan fingerprint density at radius 3 is 2.69 bits per heavy atom. The second-order valence-electron chi connectivity index (χ2n) is 4.24. The van der Waals surface area contributed by atoms with Crippen molar-refractivity contribution in [3.63, 3.8) is 0 Å². The van der Waals surface area contributed by atoms with Crippen molar-refractivity contribution in [2.24, 2.45) is 11.7 Å². The summed E-state index contributed by atoms with van der Waals surface area (Å²) >= 11 is 0. The van der Waals surface area contributed by atoms with Crippen LogP contribution in [-0.4, -0.2) is 16.7 Å². The maximum atomic E-state index is 5.57. The Labute approximate surface area is 97.6 Å². The number of aryl methyl sites for hydroxylation is 2. The molecule has 0 aromatic carbocycles. The van der Waals surface area contributed by atoms with Gasteiger partial charge in [0.15, 0.2) is 5.82 Å². The van der Waals surface area contributed by atoms with E-state index in [2.05, 4.69) is 24.0 Å².